The molecule has 0 unspecified atom stereocenters. The molecule has 4 amide bonds. The predicted molar refractivity (Wildman–Crippen MR) is 65.6 cm³/mol. The number of benzene rings is 1. The van der Waals surface area contributed by atoms with Gasteiger partial charge in [-0.1, -0.05) is 12.1 Å². The minimum absolute atomic E-state index is 0.0389. The highest BCUT2D eigenvalue weighted by molar-refractivity contribution is 6.02. The fourth-order valence-electron chi connectivity index (χ4n) is 2.31. The minimum atomic E-state index is -0.623. The smallest absolute Gasteiger partial charge is 0.275 e. The molecule has 1 saturated carbocycles. The van der Waals surface area contributed by atoms with Gasteiger partial charge in [0.25, 0.3) is 0 Å². The number of halogens is 1. The van der Waals surface area contributed by atoms with E-state index in [4.69, 9.17) is 0 Å². The summed E-state index contributed by atoms with van der Waals surface area (Å²) in [5.74, 6) is -1.27. The molecule has 1 aliphatic heterocycles. The largest absolute Gasteiger partial charge is 0.343 e. The predicted octanol–water partition coefficient (Wildman–Crippen LogP) is 0.512. The van der Waals surface area contributed by atoms with Gasteiger partial charge in [0, 0.05) is 5.92 Å². The van der Waals surface area contributed by atoms with E-state index in [-0.39, 0.29) is 30.1 Å². The number of nitrogens with one attached hydrogen (secondary N) is 2. The highest BCUT2D eigenvalue weighted by Crippen LogP contribution is 2.47. The Morgan fingerprint density at radius 3 is 2.60 bits per heavy atom. The molecular formula is C13H12FN3O3. The Hall–Kier alpha value is -2.44. The number of nitrogens with zero attached hydrogens (tertiary/aromatic N) is 1. The highest BCUT2D eigenvalue weighted by atomic mass is 19.1. The SMILES string of the molecule is O=C1CN(NC(=O)[C@@H]2C[C@H]2c2ccc(F)cc2)C(=O)N1. The third kappa shape index (κ3) is 2.34. The van der Waals surface area contributed by atoms with Crippen LogP contribution < -0.4 is 10.7 Å². The van der Waals surface area contributed by atoms with Crippen molar-refractivity contribution < 1.29 is 18.8 Å². The van der Waals surface area contributed by atoms with Gasteiger partial charge in [-0.05, 0) is 30.0 Å². The fraction of sp³-hybridized carbons (Fsp3) is 0.308. The van der Waals surface area contributed by atoms with E-state index < -0.39 is 11.9 Å². The first-order valence-corrected chi connectivity index (χ1v) is 6.22. The topological polar surface area (TPSA) is 78.5 Å². The first kappa shape index (κ1) is 12.6. The molecule has 104 valence electrons. The zero-order valence-corrected chi connectivity index (χ0v) is 10.4. The minimum Gasteiger partial charge on any atom is -0.275 e. The van der Waals surface area contributed by atoms with Gasteiger partial charge in [0.2, 0.25) is 11.8 Å². The van der Waals surface area contributed by atoms with Gasteiger partial charge >= 0.3 is 6.03 Å². The third-order valence-electron chi connectivity index (χ3n) is 3.46. The molecule has 0 radical (unpaired) electrons. The average Bonchev–Trinajstić information content (AvgIpc) is 3.13. The summed E-state index contributed by atoms with van der Waals surface area (Å²) in [6.45, 7) is -0.168. The van der Waals surface area contributed by atoms with E-state index in [1.165, 1.54) is 12.1 Å². The normalized spacial score (nSPS) is 24.6. The summed E-state index contributed by atoms with van der Waals surface area (Å²) >= 11 is 0. The summed E-state index contributed by atoms with van der Waals surface area (Å²) in [7, 11) is 0. The lowest BCUT2D eigenvalue weighted by Crippen LogP contribution is -2.45. The van der Waals surface area contributed by atoms with Crippen LogP contribution in [0.4, 0.5) is 9.18 Å². The Morgan fingerprint density at radius 1 is 1.30 bits per heavy atom. The number of hydrogen-bond acceptors (Lipinski definition) is 3. The first-order valence-electron chi connectivity index (χ1n) is 6.22. The molecule has 7 heteroatoms. The van der Waals surface area contributed by atoms with Crippen molar-refractivity contribution in [1.82, 2.24) is 15.8 Å². The van der Waals surface area contributed by atoms with Gasteiger partial charge in [0.15, 0.2) is 0 Å². The number of carbonyl (C=O) groups is 3. The van der Waals surface area contributed by atoms with E-state index in [2.05, 4.69) is 10.7 Å². The monoisotopic (exact) mass is 277 g/mol. The Labute approximate surface area is 113 Å². The number of rotatable bonds is 3. The second-order valence-electron chi connectivity index (χ2n) is 4.92. The molecule has 1 saturated heterocycles. The summed E-state index contributed by atoms with van der Waals surface area (Å²) in [6.07, 6.45) is 0.654. The number of amides is 4. The second kappa shape index (κ2) is 4.59. The summed E-state index contributed by atoms with van der Waals surface area (Å²) in [4.78, 5) is 34.2. The summed E-state index contributed by atoms with van der Waals surface area (Å²) < 4.78 is 12.8. The van der Waals surface area contributed by atoms with Crippen LogP contribution in [0.25, 0.3) is 0 Å². The van der Waals surface area contributed by atoms with Crippen molar-refractivity contribution in [3.63, 3.8) is 0 Å². The number of hydrogen-bond donors (Lipinski definition) is 2. The van der Waals surface area contributed by atoms with Crippen LogP contribution in [0.2, 0.25) is 0 Å². The first-order chi connectivity index (χ1) is 9.54. The van der Waals surface area contributed by atoms with E-state index in [0.29, 0.717) is 6.42 Å². The lowest BCUT2D eigenvalue weighted by Gasteiger charge is -2.14. The van der Waals surface area contributed by atoms with Gasteiger partial charge in [-0.2, -0.15) is 0 Å². The van der Waals surface area contributed by atoms with Crippen LogP contribution in [-0.2, 0) is 9.59 Å². The second-order valence-corrected chi connectivity index (χ2v) is 4.92. The van der Waals surface area contributed by atoms with Gasteiger partial charge in [-0.25, -0.2) is 14.2 Å². The Bertz CT molecular complexity index is 587. The van der Waals surface area contributed by atoms with E-state index in [0.717, 1.165) is 10.6 Å². The summed E-state index contributed by atoms with van der Waals surface area (Å²) in [5, 5.41) is 3.04. The van der Waals surface area contributed by atoms with Crippen molar-refractivity contribution in [3.05, 3.63) is 35.6 Å². The van der Waals surface area contributed by atoms with E-state index in [1.54, 1.807) is 12.1 Å². The van der Waals surface area contributed by atoms with Crippen molar-refractivity contribution in [2.45, 2.75) is 12.3 Å². The maximum atomic E-state index is 12.8. The van der Waals surface area contributed by atoms with Crippen LogP contribution >= 0.6 is 0 Å². The third-order valence-corrected chi connectivity index (χ3v) is 3.46. The number of carbonyl (C=O) groups excluding carboxylic acids is 3. The maximum Gasteiger partial charge on any atom is 0.343 e. The van der Waals surface area contributed by atoms with Gasteiger partial charge in [0.05, 0.1) is 0 Å². The summed E-state index contributed by atoms with van der Waals surface area (Å²) in [5.41, 5.74) is 3.32. The molecule has 2 aliphatic rings. The van der Waals surface area contributed by atoms with Crippen LogP contribution in [0.5, 0.6) is 0 Å². The molecule has 1 aromatic rings. The lowest BCUT2D eigenvalue weighted by atomic mass is 10.1. The van der Waals surface area contributed by atoms with Crippen LogP contribution in [-0.4, -0.2) is 29.4 Å². The van der Waals surface area contributed by atoms with Crippen molar-refractivity contribution in [2.24, 2.45) is 5.92 Å². The molecule has 2 atom stereocenters. The van der Waals surface area contributed by atoms with Crippen LogP contribution in [0.15, 0.2) is 24.3 Å². The molecule has 0 aromatic heterocycles. The Kier molecular flexibility index (Phi) is 2.89. The molecule has 1 aromatic carbocycles. The molecule has 3 rings (SSSR count). The van der Waals surface area contributed by atoms with Gasteiger partial charge < -0.3 is 0 Å². The molecule has 6 nitrogen and oxygen atoms in total. The average molecular weight is 277 g/mol. The Balaban J connectivity index is 1.59. The van der Waals surface area contributed by atoms with Gasteiger partial charge in [-0.3, -0.25) is 20.3 Å². The molecule has 1 heterocycles. The molecule has 20 heavy (non-hydrogen) atoms. The zero-order chi connectivity index (χ0) is 14.3. The summed E-state index contributed by atoms with van der Waals surface area (Å²) in [6, 6.07) is 5.39. The van der Waals surface area contributed by atoms with E-state index >= 15 is 0 Å². The molecule has 2 fully saturated rings. The maximum absolute atomic E-state index is 12.8. The van der Waals surface area contributed by atoms with Crippen LogP contribution in [0, 0.1) is 11.7 Å². The molecule has 0 spiro atoms. The number of urea groups is 1. The quantitative estimate of drug-likeness (QED) is 0.790. The molecule has 2 N–H and O–H groups in total. The lowest BCUT2D eigenvalue weighted by molar-refractivity contribution is -0.126. The van der Waals surface area contributed by atoms with E-state index in [1.807, 2.05) is 0 Å². The van der Waals surface area contributed by atoms with Crippen molar-refractivity contribution in [2.75, 3.05) is 6.54 Å². The van der Waals surface area contributed by atoms with Crippen LogP contribution in [0.3, 0.4) is 0 Å². The van der Waals surface area contributed by atoms with E-state index in [9.17, 15) is 18.8 Å². The molecule has 1 aliphatic carbocycles. The molecule has 0 bridgehead atoms. The number of hydrazine groups is 1. The Morgan fingerprint density at radius 2 is 2.00 bits per heavy atom. The fourth-order valence-corrected chi connectivity index (χ4v) is 2.31. The van der Waals surface area contributed by atoms with Gasteiger partial charge in [-0.15, -0.1) is 0 Å². The van der Waals surface area contributed by atoms with Crippen molar-refractivity contribution in [3.8, 4) is 0 Å². The highest BCUT2D eigenvalue weighted by Gasteiger charge is 2.45. The van der Waals surface area contributed by atoms with Gasteiger partial charge in [0.1, 0.15) is 12.4 Å². The zero-order valence-electron chi connectivity index (χ0n) is 10.4. The van der Waals surface area contributed by atoms with Crippen molar-refractivity contribution in [1.29, 1.82) is 0 Å². The van der Waals surface area contributed by atoms with Crippen molar-refractivity contribution >= 4 is 17.8 Å². The standard InChI is InChI=1S/C13H12FN3O3/c14-8-3-1-7(2-4-8)9-5-10(9)12(19)16-17-6-11(18)15-13(17)20/h1-4,9-10H,5-6H2,(H,16,19)(H,15,18,20)/t9-,10+/m0/s1. The molecular weight excluding hydrogens is 265 g/mol. The number of imide groups is 1. The van der Waals surface area contributed by atoms with Crippen LogP contribution in [0.1, 0.15) is 17.9 Å².